The Kier molecular flexibility index (Phi) is 6.13. The number of furan rings is 1. The molecule has 0 aliphatic carbocycles. The van der Waals surface area contributed by atoms with Crippen molar-refractivity contribution in [3.05, 3.63) is 82.2 Å². The van der Waals surface area contributed by atoms with Gasteiger partial charge in [-0.25, -0.2) is 0 Å². The van der Waals surface area contributed by atoms with Gasteiger partial charge in [-0.15, -0.1) is 0 Å². The molecule has 3 rings (SSSR count). The average Bonchev–Trinajstić information content (AvgIpc) is 3.14. The highest BCUT2D eigenvalue weighted by atomic mass is 79.9. The molecular weight excluding hydrogens is 438 g/mol. The van der Waals surface area contributed by atoms with E-state index in [1.165, 1.54) is 11.0 Å². The molecule has 3 aromatic rings. The second-order valence-corrected chi connectivity index (χ2v) is 7.15. The number of anilines is 2. The maximum Gasteiger partial charge on any atom is 0.291 e. The number of halogens is 1. The van der Waals surface area contributed by atoms with Gasteiger partial charge < -0.3 is 20.0 Å². The number of hydrogen-bond donors (Lipinski definition) is 2. The fraction of sp³-hybridized carbons (Fsp3) is 0.0952. The molecule has 2 N–H and O–H groups in total. The van der Waals surface area contributed by atoms with Gasteiger partial charge in [0.1, 0.15) is 0 Å². The van der Waals surface area contributed by atoms with Crippen molar-refractivity contribution in [3.8, 4) is 0 Å². The molecule has 0 aliphatic heterocycles. The molecule has 0 radical (unpaired) electrons. The van der Waals surface area contributed by atoms with E-state index < -0.39 is 5.91 Å². The number of amides is 3. The number of nitrogens with zero attached hydrogens (tertiary/aromatic N) is 1. The zero-order chi connectivity index (χ0) is 21.0. The maximum absolute atomic E-state index is 12.6. The molecule has 0 fully saturated rings. The summed E-state index contributed by atoms with van der Waals surface area (Å²) in [5.41, 5.74) is 1.77. The first-order chi connectivity index (χ1) is 13.8. The molecule has 3 amide bonds. The Morgan fingerprint density at radius 1 is 0.828 bits per heavy atom. The number of hydrogen-bond acceptors (Lipinski definition) is 4. The molecule has 1 aromatic heterocycles. The molecule has 0 spiro atoms. The summed E-state index contributed by atoms with van der Waals surface area (Å²) in [4.78, 5) is 38.3. The molecule has 0 atom stereocenters. The Morgan fingerprint density at radius 2 is 1.41 bits per heavy atom. The summed E-state index contributed by atoms with van der Waals surface area (Å²) in [6, 6.07) is 16.4. The molecule has 0 bridgehead atoms. The first kappa shape index (κ1) is 20.3. The Morgan fingerprint density at radius 3 is 2.00 bits per heavy atom. The van der Waals surface area contributed by atoms with Crippen LogP contribution in [-0.2, 0) is 0 Å². The highest BCUT2D eigenvalue weighted by Gasteiger charge is 2.13. The van der Waals surface area contributed by atoms with Gasteiger partial charge in [0.25, 0.3) is 17.7 Å². The Bertz CT molecular complexity index is 1080. The standard InChI is InChI=1S/C21H18BrN3O4/c1-25(2)21(28)14-6-4-8-16(12-14)23-19(26)13-5-3-7-15(11-13)24-20(27)17-9-10-18(22)29-17/h3-12H,1-2H3,(H,23,26)(H,24,27). The summed E-state index contributed by atoms with van der Waals surface area (Å²) in [6.45, 7) is 0. The fourth-order valence-electron chi connectivity index (χ4n) is 2.56. The van der Waals surface area contributed by atoms with Gasteiger partial charge in [-0.05, 0) is 64.5 Å². The van der Waals surface area contributed by atoms with Gasteiger partial charge in [-0.3, -0.25) is 14.4 Å². The van der Waals surface area contributed by atoms with E-state index in [0.717, 1.165) is 0 Å². The van der Waals surface area contributed by atoms with Gasteiger partial charge in [0.2, 0.25) is 0 Å². The van der Waals surface area contributed by atoms with Crippen LogP contribution in [0.25, 0.3) is 0 Å². The fourth-order valence-corrected chi connectivity index (χ4v) is 2.87. The molecule has 0 aliphatic rings. The van der Waals surface area contributed by atoms with E-state index in [4.69, 9.17) is 4.42 Å². The second-order valence-electron chi connectivity index (χ2n) is 6.37. The predicted molar refractivity (Wildman–Crippen MR) is 113 cm³/mol. The Balaban J connectivity index is 1.72. The van der Waals surface area contributed by atoms with Crippen LogP contribution in [0.15, 0.2) is 69.8 Å². The van der Waals surface area contributed by atoms with Crippen molar-refractivity contribution < 1.29 is 18.8 Å². The second kappa shape index (κ2) is 8.74. The summed E-state index contributed by atoms with van der Waals surface area (Å²) in [5.74, 6) is -0.802. The molecule has 7 nitrogen and oxygen atoms in total. The Labute approximate surface area is 175 Å². The van der Waals surface area contributed by atoms with Crippen LogP contribution in [0.2, 0.25) is 0 Å². The minimum absolute atomic E-state index is 0.147. The number of rotatable bonds is 5. The monoisotopic (exact) mass is 455 g/mol. The molecule has 0 saturated carbocycles. The van der Waals surface area contributed by atoms with Crippen LogP contribution >= 0.6 is 15.9 Å². The predicted octanol–water partition coefficient (Wildman–Crippen LogP) is 4.25. The van der Waals surface area contributed by atoms with E-state index in [1.807, 2.05) is 0 Å². The molecule has 2 aromatic carbocycles. The van der Waals surface area contributed by atoms with E-state index in [-0.39, 0.29) is 17.6 Å². The summed E-state index contributed by atoms with van der Waals surface area (Å²) in [7, 11) is 3.32. The number of carbonyl (C=O) groups excluding carboxylic acids is 3. The third-order valence-electron chi connectivity index (χ3n) is 3.95. The Hall–Kier alpha value is -3.39. The molecule has 0 unspecified atom stereocenters. The summed E-state index contributed by atoms with van der Waals surface area (Å²) < 4.78 is 5.67. The van der Waals surface area contributed by atoms with Crippen molar-refractivity contribution in [2.24, 2.45) is 0 Å². The van der Waals surface area contributed by atoms with Crippen molar-refractivity contribution in [2.75, 3.05) is 24.7 Å². The summed E-state index contributed by atoms with van der Waals surface area (Å²) in [6.07, 6.45) is 0. The smallest absolute Gasteiger partial charge is 0.291 e. The van der Waals surface area contributed by atoms with Crippen LogP contribution in [0.1, 0.15) is 31.3 Å². The first-order valence-corrected chi connectivity index (χ1v) is 9.42. The van der Waals surface area contributed by atoms with Crippen LogP contribution < -0.4 is 10.6 Å². The van der Waals surface area contributed by atoms with E-state index in [2.05, 4.69) is 26.6 Å². The van der Waals surface area contributed by atoms with Gasteiger partial charge in [0.15, 0.2) is 10.4 Å². The van der Waals surface area contributed by atoms with Crippen LogP contribution in [0.4, 0.5) is 11.4 Å². The highest BCUT2D eigenvalue weighted by molar-refractivity contribution is 9.10. The lowest BCUT2D eigenvalue weighted by Crippen LogP contribution is -2.22. The van der Waals surface area contributed by atoms with Crippen LogP contribution in [0.5, 0.6) is 0 Å². The normalized spacial score (nSPS) is 10.3. The quantitative estimate of drug-likeness (QED) is 0.601. The molecular formula is C21H18BrN3O4. The lowest BCUT2D eigenvalue weighted by atomic mass is 10.1. The van der Waals surface area contributed by atoms with Gasteiger partial charge in [-0.1, -0.05) is 12.1 Å². The summed E-state index contributed by atoms with van der Waals surface area (Å²) >= 11 is 3.15. The van der Waals surface area contributed by atoms with E-state index >= 15 is 0 Å². The molecule has 0 saturated heterocycles. The van der Waals surface area contributed by atoms with Crippen LogP contribution in [0.3, 0.4) is 0 Å². The molecule has 148 valence electrons. The molecule has 1 heterocycles. The van der Waals surface area contributed by atoms with E-state index in [9.17, 15) is 14.4 Å². The maximum atomic E-state index is 12.6. The topological polar surface area (TPSA) is 91.7 Å². The van der Waals surface area contributed by atoms with E-state index in [1.54, 1.807) is 68.7 Å². The summed E-state index contributed by atoms with van der Waals surface area (Å²) in [5, 5.41) is 5.44. The zero-order valence-corrected chi connectivity index (χ0v) is 17.3. The van der Waals surface area contributed by atoms with Gasteiger partial charge in [-0.2, -0.15) is 0 Å². The first-order valence-electron chi connectivity index (χ1n) is 8.63. The van der Waals surface area contributed by atoms with Crippen molar-refractivity contribution in [1.82, 2.24) is 4.90 Å². The largest absolute Gasteiger partial charge is 0.444 e. The third-order valence-corrected chi connectivity index (χ3v) is 4.38. The highest BCUT2D eigenvalue weighted by Crippen LogP contribution is 2.18. The van der Waals surface area contributed by atoms with Crippen molar-refractivity contribution in [3.63, 3.8) is 0 Å². The van der Waals surface area contributed by atoms with Gasteiger partial charge in [0.05, 0.1) is 0 Å². The minimum atomic E-state index is -0.428. The zero-order valence-electron chi connectivity index (χ0n) is 15.7. The van der Waals surface area contributed by atoms with Gasteiger partial charge in [0, 0.05) is 36.6 Å². The number of benzene rings is 2. The average molecular weight is 456 g/mol. The molecule has 29 heavy (non-hydrogen) atoms. The number of nitrogens with one attached hydrogen (secondary N) is 2. The van der Waals surface area contributed by atoms with Gasteiger partial charge >= 0.3 is 0 Å². The third kappa shape index (κ3) is 5.11. The molecule has 8 heteroatoms. The SMILES string of the molecule is CN(C)C(=O)c1cccc(NC(=O)c2cccc(NC(=O)c3ccc(Br)o3)c2)c1. The van der Waals surface area contributed by atoms with Crippen molar-refractivity contribution in [1.29, 1.82) is 0 Å². The lowest BCUT2D eigenvalue weighted by Gasteiger charge is -2.12. The van der Waals surface area contributed by atoms with E-state index in [0.29, 0.717) is 27.2 Å². The van der Waals surface area contributed by atoms with Crippen LogP contribution in [-0.4, -0.2) is 36.7 Å². The lowest BCUT2D eigenvalue weighted by molar-refractivity contribution is 0.0827. The van der Waals surface area contributed by atoms with Crippen molar-refractivity contribution in [2.45, 2.75) is 0 Å². The van der Waals surface area contributed by atoms with Crippen LogP contribution in [0, 0.1) is 0 Å². The van der Waals surface area contributed by atoms with Crippen molar-refractivity contribution >= 4 is 45.0 Å². The number of carbonyl (C=O) groups is 3. The minimum Gasteiger partial charge on any atom is -0.444 e.